The van der Waals surface area contributed by atoms with E-state index in [9.17, 15) is 9.59 Å². The van der Waals surface area contributed by atoms with Gasteiger partial charge in [-0.1, -0.05) is 19.9 Å². The standard InChI is InChI=1S/C22H29N3O3/c1-15(2)14-28-20-10-8-18(9-11-20)23-13-21(26)25-19-7-5-6-17(12-19)22(27)24-16(3)4/h5-12,15-16,23H,13-14H2,1-4H3,(H,24,27)(H,25,26). The summed E-state index contributed by atoms with van der Waals surface area (Å²) in [6.45, 7) is 8.79. The van der Waals surface area contributed by atoms with Crippen LogP contribution in [0.5, 0.6) is 5.75 Å². The van der Waals surface area contributed by atoms with Crippen molar-refractivity contribution in [2.75, 3.05) is 23.8 Å². The Balaban J connectivity index is 1.85. The van der Waals surface area contributed by atoms with Crippen LogP contribution in [0.15, 0.2) is 48.5 Å². The molecular formula is C22H29N3O3. The minimum Gasteiger partial charge on any atom is -0.493 e. The van der Waals surface area contributed by atoms with Crippen LogP contribution in [-0.4, -0.2) is 31.0 Å². The first-order valence-corrected chi connectivity index (χ1v) is 9.51. The van der Waals surface area contributed by atoms with E-state index < -0.39 is 0 Å². The van der Waals surface area contributed by atoms with E-state index in [2.05, 4.69) is 29.8 Å². The SMILES string of the molecule is CC(C)COc1ccc(NCC(=O)Nc2cccc(C(=O)NC(C)C)c2)cc1. The van der Waals surface area contributed by atoms with Gasteiger partial charge in [0.05, 0.1) is 13.2 Å². The van der Waals surface area contributed by atoms with Gasteiger partial charge in [-0.3, -0.25) is 9.59 Å². The molecule has 28 heavy (non-hydrogen) atoms. The summed E-state index contributed by atoms with van der Waals surface area (Å²) in [6, 6.07) is 14.4. The van der Waals surface area contributed by atoms with E-state index in [0.29, 0.717) is 23.8 Å². The lowest BCUT2D eigenvalue weighted by Gasteiger charge is -2.12. The molecular weight excluding hydrogens is 354 g/mol. The molecule has 150 valence electrons. The van der Waals surface area contributed by atoms with Gasteiger partial charge in [0.2, 0.25) is 5.91 Å². The van der Waals surface area contributed by atoms with Crippen molar-refractivity contribution in [1.29, 1.82) is 0 Å². The summed E-state index contributed by atoms with van der Waals surface area (Å²) in [5.74, 6) is 0.919. The molecule has 3 N–H and O–H groups in total. The fourth-order valence-electron chi connectivity index (χ4n) is 2.40. The van der Waals surface area contributed by atoms with Crippen molar-refractivity contribution in [3.05, 3.63) is 54.1 Å². The zero-order valence-electron chi connectivity index (χ0n) is 16.9. The summed E-state index contributed by atoms with van der Waals surface area (Å²) in [5.41, 5.74) is 1.93. The average Bonchev–Trinajstić information content (AvgIpc) is 2.65. The Hall–Kier alpha value is -3.02. The molecule has 0 radical (unpaired) electrons. The summed E-state index contributed by atoms with van der Waals surface area (Å²) in [4.78, 5) is 24.3. The lowest BCUT2D eigenvalue weighted by molar-refractivity contribution is -0.114. The molecule has 0 fully saturated rings. The second-order valence-electron chi connectivity index (χ2n) is 7.34. The van der Waals surface area contributed by atoms with Gasteiger partial charge in [-0.15, -0.1) is 0 Å². The van der Waals surface area contributed by atoms with Crippen molar-refractivity contribution in [2.45, 2.75) is 33.7 Å². The quantitative estimate of drug-likeness (QED) is 0.613. The Morgan fingerprint density at radius 3 is 2.32 bits per heavy atom. The van der Waals surface area contributed by atoms with Crippen LogP contribution in [0.1, 0.15) is 38.1 Å². The topological polar surface area (TPSA) is 79.5 Å². The van der Waals surface area contributed by atoms with E-state index in [1.807, 2.05) is 38.1 Å². The van der Waals surface area contributed by atoms with E-state index in [1.54, 1.807) is 24.3 Å². The third kappa shape index (κ3) is 7.31. The number of ether oxygens (including phenoxy) is 1. The highest BCUT2D eigenvalue weighted by Crippen LogP contribution is 2.16. The van der Waals surface area contributed by atoms with E-state index in [-0.39, 0.29) is 24.4 Å². The first-order valence-electron chi connectivity index (χ1n) is 9.51. The van der Waals surface area contributed by atoms with Gasteiger partial charge >= 0.3 is 0 Å². The largest absolute Gasteiger partial charge is 0.493 e. The molecule has 2 aromatic rings. The number of anilines is 2. The fraction of sp³-hybridized carbons (Fsp3) is 0.364. The monoisotopic (exact) mass is 383 g/mol. The molecule has 0 aliphatic rings. The summed E-state index contributed by atoms with van der Waals surface area (Å²) < 4.78 is 5.64. The van der Waals surface area contributed by atoms with Gasteiger partial charge in [-0.2, -0.15) is 0 Å². The maximum absolute atomic E-state index is 12.2. The molecule has 0 aliphatic carbocycles. The van der Waals surface area contributed by atoms with Crippen molar-refractivity contribution < 1.29 is 14.3 Å². The van der Waals surface area contributed by atoms with Crippen LogP contribution in [0.3, 0.4) is 0 Å². The molecule has 0 spiro atoms. The van der Waals surface area contributed by atoms with Crippen molar-refractivity contribution in [3.63, 3.8) is 0 Å². The summed E-state index contributed by atoms with van der Waals surface area (Å²) in [6.07, 6.45) is 0. The van der Waals surface area contributed by atoms with Crippen LogP contribution >= 0.6 is 0 Å². The van der Waals surface area contributed by atoms with Crippen molar-refractivity contribution in [1.82, 2.24) is 5.32 Å². The first-order chi connectivity index (χ1) is 13.3. The predicted octanol–water partition coefficient (Wildman–Crippen LogP) is 3.91. The Kier molecular flexibility index (Phi) is 7.87. The maximum atomic E-state index is 12.2. The third-order valence-electron chi connectivity index (χ3n) is 3.72. The summed E-state index contributed by atoms with van der Waals surface area (Å²) in [5, 5.41) is 8.70. The van der Waals surface area contributed by atoms with E-state index >= 15 is 0 Å². The van der Waals surface area contributed by atoms with Gasteiger partial charge < -0.3 is 20.7 Å². The number of rotatable bonds is 9. The second kappa shape index (κ2) is 10.3. The van der Waals surface area contributed by atoms with Crippen LogP contribution in [0, 0.1) is 5.92 Å². The molecule has 0 aliphatic heterocycles. The van der Waals surface area contributed by atoms with Crippen LogP contribution in [0.2, 0.25) is 0 Å². The van der Waals surface area contributed by atoms with Crippen LogP contribution < -0.4 is 20.7 Å². The number of carbonyl (C=O) groups excluding carboxylic acids is 2. The van der Waals surface area contributed by atoms with Gasteiger partial charge in [0.15, 0.2) is 0 Å². The Labute approximate surface area is 166 Å². The zero-order chi connectivity index (χ0) is 20.5. The number of amides is 2. The van der Waals surface area contributed by atoms with Crippen LogP contribution in [0.4, 0.5) is 11.4 Å². The minimum absolute atomic E-state index is 0.0529. The number of carbonyl (C=O) groups is 2. The zero-order valence-corrected chi connectivity index (χ0v) is 16.9. The molecule has 0 heterocycles. The molecule has 2 amide bonds. The highest BCUT2D eigenvalue weighted by Gasteiger charge is 2.09. The second-order valence-corrected chi connectivity index (χ2v) is 7.34. The summed E-state index contributed by atoms with van der Waals surface area (Å²) >= 11 is 0. The third-order valence-corrected chi connectivity index (χ3v) is 3.72. The van der Waals surface area contributed by atoms with Gasteiger partial charge in [-0.05, 0) is 62.2 Å². The van der Waals surface area contributed by atoms with Gasteiger partial charge in [0.25, 0.3) is 5.91 Å². The molecule has 0 saturated heterocycles. The molecule has 2 rings (SSSR count). The first kappa shape index (κ1) is 21.3. The molecule has 2 aromatic carbocycles. The van der Waals surface area contributed by atoms with Crippen molar-refractivity contribution in [3.8, 4) is 5.75 Å². The highest BCUT2D eigenvalue weighted by atomic mass is 16.5. The van der Waals surface area contributed by atoms with Crippen LogP contribution in [-0.2, 0) is 4.79 Å². The summed E-state index contributed by atoms with van der Waals surface area (Å²) in [7, 11) is 0. The Morgan fingerprint density at radius 1 is 0.964 bits per heavy atom. The maximum Gasteiger partial charge on any atom is 0.251 e. The highest BCUT2D eigenvalue weighted by molar-refractivity contribution is 5.98. The van der Waals surface area contributed by atoms with Gasteiger partial charge in [0, 0.05) is 23.0 Å². The van der Waals surface area contributed by atoms with Crippen molar-refractivity contribution >= 4 is 23.2 Å². The lowest BCUT2D eigenvalue weighted by atomic mass is 10.1. The molecule has 0 saturated carbocycles. The molecule has 6 heteroatoms. The average molecular weight is 383 g/mol. The van der Waals surface area contributed by atoms with Crippen molar-refractivity contribution in [2.24, 2.45) is 5.92 Å². The number of hydrogen-bond acceptors (Lipinski definition) is 4. The van der Waals surface area contributed by atoms with E-state index in [1.165, 1.54) is 0 Å². The number of hydrogen-bond donors (Lipinski definition) is 3. The normalized spacial score (nSPS) is 10.6. The van der Waals surface area contributed by atoms with E-state index in [0.717, 1.165) is 11.4 Å². The van der Waals surface area contributed by atoms with E-state index in [4.69, 9.17) is 4.74 Å². The molecule has 0 atom stereocenters. The Morgan fingerprint density at radius 2 is 1.68 bits per heavy atom. The molecule has 6 nitrogen and oxygen atoms in total. The minimum atomic E-state index is -0.193. The molecule has 0 aromatic heterocycles. The number of nitrogens with one attached hydrogen (secondary N) is 3. The number of benzene rings is 2. The predicted molar refractivity (Wildman–Crippen MR) is 113 cm³/mol. The van der Waals surface area contributed by atoms with Crippen LogP contribution in [0.25, 0.3) is 0 Å². The fourth-order valence-corrected chi connectivity index (χ4v) is 2.40. The smallest absolute Gasteiger partial charge is 0.251 e. The molecule has 0 unspecified atom stereocenters. The van der Waals surface area contributed by atoms with Gasteiger partial charge in [-0.25, -0.2) is 0 Å². The van der Waals surface area contributed by atoms with Gasteiger partial charge in [0.1, 0.15) is 5.75 Å². The lowest BCUT2D eigenvalue weighted by Crippen LogP contribution is -2.30. The Bertz CT molecular complexity index is 786. The molecule has 0 bridgehead atoms.